The fraction of sp³-hybridized carbons (Fsp3) is 0.400. The molecule has 0 radical (unpaired) electrons. The molecule has 10 heteroatoms. The Kier molecular flexibility index (Phi) is 4.53. The van der Waals surface area contributed by atoms with Gasteiger partial charge in [0.1, 0.15) is 23.4 Å². The van der Waals surface area contributed by atoms with Gasteiger partial charge in [-0.3, -0.25) is 19.6 Å². The number of nitrogens with zero attached hydrogens (tertiary/aromatic N) is 3. The molecule has 1 aliphatic rings. The molecule has 132 valence electrons. The molecular formula is C15H16N4O5S. The second-order valence-electron chi connectivity index (χ2n) is 5.65. The number of rotatable bonds is 5. The van der Waals surface area contributed by atoms with Crippen LogP contribution in [0.5, 0.6) is 0 Å². The number of aryl methyl sites for hydroxylation is 1. The molecule has 0 saturated carbocycles. The zero-order valence-corrected chi connectivity index (χ0v) is 14.5. The number of nitro groups is 1. The van der Waals surface area contributed by atoms with E-state index >= 15 is 0 Å². The molecule has 0 fully saturated rings. The average Bonchev–Trinajstić information content (AvgIpc) is 3.28. The van der Waals surface area contributed by atoms with Gasteiger partial charge in [-0.25, -0.2) is 4.79 Å². The first-order valence-corrected chi connectivity index (χ1v) is 8.46. The molecule has 1 N–H and O–H groups in total. The highest BCUT2D eigenvalue weighted by Gasteiger charge is 2.29. The Morgan fingerprint density at radius 1 is 1.48 bits per heavy atom. The molecule has 0 aliphatic heterocycles. The quantitative estimate of drug-likeness (QED) is 0.494. The van der Waals surface area contributed by atoms with Crippen LogP contribution >= 0.6 is 11.3 Å². The van der Waals surface area contributed by atoms with Crippen molar-refractivity contribution >= 4 is 33.9 Å². The van der Waals surface area contributed by atoms with Crippen molar-refractivity contribution in [3.63, 3.8) is 0 Å². The van der Waals surface area contributed by atoms with Crippen LogP contribution in [0.1, 0.15) is 40.2 Å². The second-order valence-corrected chi connectivity index (χ2v) is 6.76. The van der Waals surface area contributed by atoms with E-state index in [9.17, 15) is 19.7 Å². The molecule has 0 unspecified atom stereocenters. The van der Waals surface area contributed by atoms with Crippen LogP contribution in [0.3, 0.4) is 0 Å². The van der Waals surface area contributed by atoms with Gasteiger partial charge < -0.3 is 10.1 Å². The molecule has 0 bridgehead atoms. The lowest BCUT2D eigenvalue weighted by molar-refractivity contribution is -0.385. The number of carbonyl (C=O) groups is 2. The fourth-order valence-corrected chi connectivity index (χ4v) is 4.06. The fourth-order valence-electron chi connectivity index (χ4n) is 2.78. The Bertz CT molecular complexity index is 856. The van der Waals surface area contributed by atoms with Crippen molar-refractivity contribution in [2.45, 2.75) is 32.2 Å². The van der Waals surface area contributed by atoms with Gasteiger partial charge in [0.05, 0.1) is 17.6 Å². The molecule has 1 aliphatic carbocycles. The highest BCUT2D eigenvalue weighted by Crippen LogP contribution is 2.39. The highest BCUT2D eigenvalue weighted by atomic mass is 32.1. The topological polar surface area (TPSA) is 116 Å². The van der Waals surface area contributed by atoms with E-state index in [1.54, 1.807) is 6.92 Å². The number of fused-ring (bicyclic) bond motifs is 1. The van der Waals surface area contributed by atoms with Crippen molar-refractivity contribution < 1.29 is 19.2 Å². The predicted octanol–water partition coefficient (Wildman–Crippen LogP) is 2.33. The Balaban J connectivity index is 1.83. The smallest absolute Gasteiger partial charge is 0.341 e. The maximum Gasteiger partial charge on any atom is 0.341 e. The third-order valence-electron chi connectivity index (χ3n) is 4.12. The van der Waals surface area contributed by atoms with Crippen LogP contribution in [0, 0.1) is 10.1 Å². The summed E-state index contributed by atoms with van der Waals surface area (Å²) in [6, 6.07) is -0.767. The third kappa shape index (κ3) is 3.12. The minimum atomic E-state index is -0.767. The van der Waals surface area contributed by atoms with E-state index in [0.29, 0.717) is 10.6 Å². The molecule has 1 atom stereocenters. The molecule has 9 nitrogen and oxygen atoms in total. The Labute approximate surface area is 146 Å². The van der Waals surface area contributed by atoms with Gasteiger partial charge in [0.15, 0.2) is 0 Å². The summed E-state index contributed by atoms with van der Waals surface area (Å²) >= 11 is 1.37. The monoisotopic (exact) mass is 364 g/mol. The largest absolute Gasteiger partial charge is 0.465 e. The number of anilines is 1. The summed E-state index contributed by atoms with van der Waals surface area (Å²) in [5.74, 6) is -0.889. The zero-order chi connectivity index (χ0) is 18.1. The van der Waals surface area contributed by atoms with E-state index in [2.05, 4.69) is 10.4 Å². The normalized spacial score (nSPS) is 14.0. The number of ether oxygens (including phenoxy) is 1. The van der Waals surface area contributed by atoms with Crippen molar-refractivity contribution in [1.29, 1.82) is 0 Å². The van der Waals surface area contributed by atoms with Gasteiger partial charge in [-0.2, -0.15) is 5.10 Å². The number of aromatic nitrogens is 2. The lowest BCUT2D eigenvalue weighted by Crippen LogP contribution is -2.24. The minimum Gasteiger partial charge on any atom is -0.465 e. The highest BCUT2D eigenvalue weighted by molar-refractivity contribution is 7.17. The van der Waals surface area contributed by atoms with Gasteiger partial charge in [0.25, 0.3) is 0 Å². The van der Waals surface area contributed by atoms with Crippen LogP contribution in [-0.2, 0) is 22.4 Å². The molecule has 2 heterocycles. The lowest BCUT2D eigenvalue weighted by atomic mass is 10.1. The van der Waals surface area contributed by atoms with Crippen LogP contribution in [0.2, 0.25) is 0 Å². The maximum atomic E-state index is 12.5. The number of nitrogens with one attached hydrogen (secondary N) is 1. The molecular weight excluding hydrogens is 348 g/mol. The van der Waals surface area contributed by atoms with Gasteiger partial charge in [-0.1, -0.05) is 0 Å². The number of carbonyl (C=O) groups excluding carboxylic acids is 2. The summed E-state index contributed by atoms with van der Waals surface area (Å²) in [5, 5.41) is 17.8. The number of methoxy groups -OCH3 is 1. The summed E-state index contributed by atoms with van der Waals surface area (Å²) in [4.78, 5) is 35.8. The maximum absolute atomic E-state index is 12.5. The predicted molar refractivity (Wildman–Crippen MR) is 89.9 cm³/mol. The first-order valence-electron chi connectivity index (χ1n) is 7.64. The first-order chi connectivity index (χ1) is 11.9. The van der Waals surface area contributed by atoms with Crippen LogP contribution in [0.15, 0.2) is 12.4 Å². The van der Waals surface area contributed by atoms with Gasteiger partial charge in [0.2, 0.25) is 5.91 Å². The van der Waals surface area contributed by atoms with Gasteiger partial charge in [-0.05, 0) is 31.7 Å². The van der Waals surface area contributed by atoms with E-state index in [-0.39, 0.29) is 5.69 Å². The van der Waals surface area contributed by atoms with E-state index in [0.717, 1.165) is 35.9 Å². The summed E-state index contributed by atoms with van der Waals surface area (Å²) in [6.45, 7) is 1.57. The van der Waals surface area contributed by atoms with Crippen molar-refractivity contribution in [2.24, 2.45) is 0 Å². The van der Waals surface area contributed by atoms with Gasteiger partial charge in [-0.15, -0.1) is 11.3 Å². The minimum absolute atomic E-state index is 0.190. The number of esters is 1. The molecule has 2 aromatic heterocycles. The Morgan fingerprint density at radius 2 is 2.24 bits per heavy atom. The zero-order valence-electron chi connectivity index (χ0n) is 13.6. The van der Waals surface area contributed by atoms with Crippen LogP contribution in [-0.4, -0.2) is 33.7 Å². The third-order valence-corrected chi connectivity index (χ3v) is 5.33. The Hall–Kier alpha value is -2.75. The summed E-state index contributed by atoms with van der Waals surface area (Å²) in [6.07, 6.45) is 4.92. The number of hydrogen-bond acceptors (Lipinski definition) is 7. The van der Waals surface area contributed by atoms with Crippen LogP contribution in [0.25, 0.3) is 0 Å². The van der Waals surface area contributed by atoms with Crippen molar-refractivity contribution in [3.05, 3.63) is 38.5 Å². The molecule has 0 spiro atoms. The van der Waals surface area contributed by atoms with E-state index in [1.807, 2.05) is 0 Å². The number of hydrogen-bond donors (Lipinski definition) is 1. The van der Waals surface area contributed by atoms with E-state index in [1.165, 1.54) is 29.3 Å². The SMILES string of the molecule is COC(=O)c1c(NC(=O)[C@H](C)n2cc([N+](=O)[O-])cn2)sc2c1CCC2. The number of thiophene rings is 1. The van der Waals surface area contributed by atoms with E-state index in [4.69, 9.17) is 4.74 Å². The van der Waals surface area contributed by atoms with Gasteiger partial charge in [0, 0.05) is 4.88 Å². The Morgan fingerprint density at radius 3 is 2.88 bits per heavy atom. The first kappa shape index (κ1) is 17.1. The summed E-state index contributed by atoms with van der Waals surface area (Å²) in [7, 11) is 1.30. The summed E-state index contributed by atoms with van der Waals surface area (Å²) < 4.78 is 6.06. The average molecular weight is 364 g/mol. The second kappa shape index (κ2) is 6.63. The standard InChI is InChI=1S/C15H16N4O5S/c1-8(18-7-9(6-16-18)19(22)23)13(20)17-14-12(15(21)24-2)10-4-3-5-11(10)25-14/h6-8H,3-5H2,1-2H3,(H,17,20)/t8-/m0/s1. The van der Waals surface area contributed by atoms with Crippen LogP contribution < -0.4 is 5.32 Å². The van der Waals surface area contributed by atoms with Crippen molar-refractivity contribution in [3.8, 4) is 0 Å². The molecule has 25 heavy (non-hydrogen) atoms. The molecule has 3 rings (SSSR count). The lowest BCUT2D eigenvalue weighted by Gasteiger charge is -2.12. The molecule has 0 aromatic carbocycles. The molecule has 2 aromatic rings. The number of amides is 1. The molecule has 1 amide bonds. The van der Waals surface area contributed by atoms with Gasteiger partial charge >= 0.3 is 11.7 Å². The van der Waals surface area contributed by atoms with Crippen molar-refractivity contribution in [2.75, 3.05) is 12.4 Å². The summed E-state index contributed by atoms with van der Waals surface area (Å²) in [5.41, 5.74) is 1.16. The molecule has 0 saturated heterocycles. The van der Waals surface area contributed by atoms with E-state index < -0.39 is 22.8 Å². The van der Waals surface area contributed by atoms with Crippen LogP contribution in [0.4, 0.5) is 10.7 Å². The van der Waals surface area contributed by atoms with Crippen molar-refractivity contribution in [1.82, 2.24) is 9.78 Å².